The Balaban J connectivity index is 1.57. The van der Waals surface area contributed by atoms with Crippen LogP contribution in [0.3, 0.4) is 0 Å². The molecule has 2 amide bonds. The Bertz CT molecular complexity index is 1280. The number of nitrogens with one attached hydrogen (secondary N) is 2. The molecule has 0 heterocycles. The van der Waals surface area contributed by atoms with Crippen LogP contribution in [0, 0.1) is 0 Å². The van der Waals surface area contributed by atoms with Gasteiger partial charge in [0.25, 0.3) is 11.8 Å². The summed E-state index contributed by atoms with van der Waals surface area (Å²) in [5, 5.41) is 7.04. The molecule has 0 spiro atoms. The van der Waals surface area contributed by atoms with Crippen LogP contribution < -0.4 is 15.5 Å². The minimum Gasteiger partial charge on any atom is -0.482 e. The van der Waals surface area contributed by atoms with Gasteiger partial charge in [0.05, 0.1) is 32.4 Å². The summed E-state index contributed by atoms with van der Waals surface area (Å²) < 4.78 is 44.6. The topological polar surface area (TPSA) is 79.8 Å². The Hall–Kier alpha value is -3.27. The van der Waals surface area contributed by atoms with Crippen molar-refractivity contribution in [2.45, 2.75) is 6.18 Å². The molecule has 0 saturated carbocycles. The van der Waals surface area contributed by atoms with E-state index in [2.05, 4.69) is 15.8 Å². The molecule has 0 fully saturated rings. The van der Waals surface area contributed by atoms with Crippen molar-refractivity contribution in [1.29, 1.82) is 0 Å². The molecule has 0 aliphatic heterocycles. The van der Waals surface area contributed by atoms with E-state index in [1.54, 1.807) is 6.07 Å². The lowest BCUT2D eigenvalue weighted by Gasteiger charge is -2.11. The number of hydrogen-bond acceptors (Lipinski definition) is 4. The lowest BCUT2D eigenvalue weighted by molar-refractivity contribution is -0.138. The summed E-state index contributed by atoms with van der Waals surface area (Å²) in [4.78, 5) is 24.2. The van der Waals surface area contributed by atoms with Crippen molar-refractivity contribution < 1.29 is 27.5 Å². The van der Waals surface area contributed by atoms with E-state index in [1.807, 2.05) is 0 Å². The number of rotatable bonds is 7. The van der Waals surface area contributed by atoms with Crippen LogP contribution in [0.1, 0.15) is 21.5 Å². The quantitative estimate of drug-likeness (QED) is 0.265. The highest BCUT2D eigenvalue weighted by atomic mass is 35.5. The lowest BCUT2D eigenvalue weighted by atomic mass is 10.1. The second-order valence-corrected chi connectivity index (χ2v) is 8.12. The van der Waals surface area contributed by atoms with Crippen molar-refractivity contribution in [2.75, 3.05) is 11.9 Å². The molecule has 3 rings (SSSR count). The predicted molar refractivity (Wildman–Crippen MR) is 129 cm³/mol. The number of alkyl halides is 3. The normalized spacial score (nSPS) is 11.4. The molecule has 0 aliphatic carbocycles. The van der Waals surface area contributed by atoms with Gasteiger partial charge in [0.15, 0.2) is 6.61 Å². The minimum absolute atomic E-state index is 0.144. The average molecular weight is 545 g/mol. The largest absolute Gasteiger partial charge is 0.482 e. The highest BCUT2D eigenvalue weighted by Gasteiger charge is 2.34. The summed E-state index contributed by atoms with van der Waals surface area (Å²) in [5.41, 5.74) is 1.28. The van der Waals surface area contributed by atoms with Crippen LogP contribution in [0.2, 0.25) is 15.1 Å². The first kappa shape index (κ1) is 26.3. The maximum Gasteiger partial charge on any atom is 0.417 e. The van der Waals surface area contributed by atoms with Gasteiger partial charge in [-0.15, -0.1) is 0 Å². The van der Waals surface area contributed by atoms with E-state index in [1.165, 1.54) is 48.7 Å². The molecule has 0 saturated heterocycles. The van der Waals surface area contributed by atoms with Gasteiger partial charge in [0.2, 0.25) is 0 Å². The van der Waals surface area contributed by atoms with Gasteiger partial charge in [0, 0.05) is 5.69 Å². The summed E-state index contributed by atoms with van der Waals surface area (Å²) in [6.07, 6.45) is -3.49. The zero-order valence-electron chi connectivity index (χ0n) is 17.5. The minimum atomic E-state index is -4.68. The van der Waals surface area contributed by atoms with E-state index in [0.717, 1.165) is 12.1 Å². The maximum atomic E-state index is 13.1. The number of carbonyl (C=O) groups is 2. The molecule has 0 atom stereocenters. The van der Waals surface area contributed by atoms with Gasteiger partial charge in [-0.3, -0.25) is 9.59 Å². The highest BCUT2D eigenvalue weighted by molar-refractivity contribution is 6.42. The smallest absolute Gasteiger partial charge is 0.417 e. The molecule has 3 aromatic rings. The van der Waals surface area contributed by atoms with Gasteiger partial charge in [-0.25, -0.2) is 5.43 Å². The molecule has 3 aromatic carbocycles. The zero-order chi connectivity index (χ0) is 25.6. The van der Waals surface area contributed by atoms with Crippen molar-refractivity contribution in [3.8, 4) is 5.75 Å². The van der Waals surface area contributed by atoms with E-state index < -0.39 is 29.1 Å². The molecule has 0 radical (unpaired) electrons. The number of halogens is 6. The first-order valence-electron chi connectivity index (χ1n) is 9.71. The Kier molecular flexibility index (Phi) is 8.61. The lowest BCUT2D eigenvalue weighted by Crippen LogP contribution is -2.22. The Morgan fingerprint density at radius 2 is 1.69 bits per heavy atom. The van der Waals surface area contributed by atoms with Crippen LogP contribution in [-0.4, -0.2) is 24.6 Å². The van der Waals surface area contributed by atoms with Gasteiger partial charge in [0.1, 0.15) is 5.75 Å². The molecule has 0 bridgehead atoms. The van der Waals surface area contributed by atoms with E-state index in [4.69, 9.17) is 39.5 Å². The Labute approximate surface area is 212 Å². The second-order valence-electron chi connectivity index (χ2n) is 6.90. The molecule has 182 valence electrons. The van der Waals surface area contributed by atoms with E-state index in [-0.39, 0.29) is 22.4 Å². The maximum absolute atomic E-state index is 13.1. The number of nitrogens with zero attached hydrogens (tertiary/aromatic N) is 1. The molecule has 0 aliphatic rings. The first-order chi connectivity index (χ1) is 16.5. The van der Waals surface area contributed by atoms with Gasteiger partial charge in [-0.05, 0) is 54.1 Å². The summed E-state index contributed by atoms with van der Waals surface area (Å²) in [6.45, 7) is -0.345. The van der Waals surface area contributed by atoms with Crippen LogP contribution in [0.4, 0.5) is 18.9 Å². The third-order valence-electron chi connectivity index (χ3n) is 4.37. The number of amides is 2. The standard InChI is InChI=1S/C23H15Cl3F3N3O3/c24-17-7-6-14(10-18(17)25)31-21(33)12-35-20-8-5-13(9-19(20)26)11-30-32-22(34)15-3-1-2-4-16(15)23(27,28)29/h1-11H,12H2,(H,31,33)(H,32,34)/b30-11+. The number of carbonyl (C=O) groups excluding carboxylic acids is 2. The Morgan fingerprint density at radius 3 is 2.37 bits per heavy atom. The molecule has 6 nitrogen and oxygen atoms in total. The van der Waals surface area contributed by atoms with Crippen molar-refractivity contribution in [3.63, 3.8) is 0 Å². The van der Waals surface area contributed by atoms with Gasteiger partial charge < -0.3 is 10.1 Å². The van der Waals surface area contributed by atoms with E-state index in [9.17, 15) is 22.8 Å². The average Bonchev–Trinajstić information content (AvgIpc) is 2.80. The molecule has 35 heavy (non-hydrogen) atoms. The van der Waals surface area contributed by atoms with Gasteiger partial charge >= 0.3 is 6.18 Å². The first-order valence-corrected chi connectivity index (χ1v) is 10.8. The molecular weight excluding hydrogens is 530 g/mol. The number of anilines is 1. The highest BCUT2D eigenvalue weighted by Crippen LogP contribution is 2.32. The van der Waals surface area contributed by atoms with Gasteiger partial charge in [-0.2, -0.15) is 18.3 Å². The molecule has 12 heteroatoms. The van der Waals surface area contributed by atoms with Crippen molar-refractivity contribution >= 4 is 58.5 Å². The summed E-state index contributed by atoms with van der Waals surface area (Å²) in [6, 6.07) is 13.4. The molecular formula is C23H15Cl3F3N3O3. The van der Waals surface area contributed by atoms with Crippen LogP contribution in [0.15, 0.2) is 65.8 Å². The second kappa shape index (κ2) is 11.4. The van der Waals surface area contributed by atoms with E-state index >= 15 is 0 Å². The molecule has 0 unspecified atom stereocenters. The predicted octanol–water partition coefficient (Wildman–Crippen LogP) is 6.45. The third-order valence-corrected chi connectivity index (χ3v) is 5.41. The summed E-state index contributed by atoms with van der Waals surface area (Å²) in [5.74, 6) is -1.28. The monoisotopic (exact) mass is 543 g/mol. The van der Waals surface area contributed by atoms with Crippen LogP contribution in [0.5, 0.6) is 5.75 Å². The fourth-order valence-corrected chi connectivity index (χ4v) is 3.32. The van der Waals surface area contributed by atoms with E-state index in [0.29, 0.717) is 16.3 Å². The fraction of sp³-hybridized carbons (Fsp3) is 0.0870. The zero-order valence-corrected chi connectivity index (χ0v) is 19.8. The van der Waals surface area contributed by atoms with Crippen molar-refractivity contribution in [1.82, 2.24) is 5.43 Å². The van der Waals surface area contributed by atoms with Crippen molar-refractivity contribution in [3.05, 3.63) is 92.4 Å². The number of ether oxygens (including phenoxy) is 1. The van der Waals surface area contributed by atoms with Crippen molar-refractivity contribution in [2.24, 2.45) is 5.10 Å². The van der Waals surface area contributed by atoms with Crippen LogP contribution in [0.25, 0.3) is 0 Å². The summed E-state index contributed by atoms with van der Waals surface area (Å²) >= 11 is 17.9. The Morgan fingerprint density at radius 1 is 0.943 bits per heavy atom. The number of benzene rings is 3. The number of hydrogen-bond donors (Lipinski definition) is 2. The third kappa shape index (κ3) is 7.35. The van der Waals surface area contributed by atoms with Crippen LogP contribution >= 0.6 is 34.8 Å². The fourth-order valence-electron chi connectivity index (χ4n) is 2.78. The van der Waals surface area contributed by atoms with Gasteiger partial charge in [-0.1, -0.05) is 46.9 Å². The molecule has 2 N–H and O–H groups in total. The SMILES string of the molecule is O=C(COc1ccc(/C=N/NC(=O)c2ccccc2C(F)(F)F)cc1Cl)Nc1ccc(Cl)c(Cl)c1. The molecule has 0 aromatic heterocycles. The summed E-state index contributed by atoms with van der Waals surface area (Å²) in [7, 11) is 0. The van der Waals surface area contributed by atoms with Crippen LogP contribution in [-0.2, 0) is 11.0 Å². The number of hydrazone groups is 1.